The predicted octanol–water partition coefficient (Wildman–Crippen LogP) is 1.10. The Kier molecular flexibility index (Phi) is 5.73. The summed E-state index contributed by atoms with van der Waals surface area (Å²) in [6.07, 6.45) is 1.78. The van der Waals surface area contributed by atoms with E-state index in [2.05, 4.69) is 15.8 Å². The molecule has 3 N–H and O–H groups in total. The van der Waals surface area contributed by atoms with Gasteiger partial charge >= 0.3 is 0 Å². The largest absolute Gasteiger partial charge is 0.493 e. The molecule has 0 aliphatic rings. The zero-order chi connectivity index (χ0) is 15.8. The van der Waals surface area contributed by atoms with Crippen molar-refractivity contribution in [2.24, 2.45) is 0 Å². The molecule has 0 spiro atoms. The third kappa shape index (κ3) is 4.46. The molecular weight excluding hydrogens is 298 g/mol. The van der Waals surface area contributed by atoms with E-state index in [0.29, 0.717) is 16.6 Å². The van der Waals surface area contributed by atoms with Crippen LogP contribution in [0.5, 0.6) is 11.5 Å². The number of rotatable bonds is 5. The number of ether oxygens (including phenoxy) is 2. The van der Waals surface area contributed by atoms with Crippen LogP contribution in [-0.2, 0) is 0 Å². The fraction of sp³-hybridized carbons (Fsp3) is 0.125. The average Bonchev–Trinajstić information content (AvgIpc) is 2.55. The smallest absolute Gasteiger partial charge is 0.228 e. The molecule has 0 fully saturated rings. The molecule has 0 heterocycles. The van der Waals surface area contributed by atoms with Crippen LogP contribution in [0.3, 0.4) is 0 Å². The van der Waals surface area contributed by atoms with Gasteiger partial charge in [-0.2, -0.15) is 0 Å². The lowest BCUT2D eigenvalue weighted by Gasteiger charge is -2.06. The number of hydrazone groups is 1. The van der Waals surface area contributed by atoms with Crippen molar-refractivity contribution in [3.8, 4) is 11.5 Å². The van der Waals surface area contributed by atoms with Crippen molar-refractivity contribution in [3.63, 3.8) is 0 Å². The van der Waals surface area contributed by atoms with Crippen molar-refractivity contribution in [1.29, 1.82) is 0 Å². The first kappa shape index (κ1) is 15.8. The third-order valence-corrected chi connectivity index (χ3v) is 3.07. The molecule has 0 aliphatic carbocycles. The van der Waals surface area contributed by atoms with E-state index in [4.69, 9.17) is 21.7 Å². The SMILES string of the molecule is COc1ccc(C=[NH+]NC(=S)Nc2ccccc2)cc1OC. The van der Waals surface area contributed by atoms with Gasteiger partial charge < -0.3 is 14.8 Å². The minimum absolute atomic E-state index is 0.475. The normalized spacial score (nSPS) is 10.3. The standard InChI is InChI=1S/C16H17N3O2S/c1-20-14-9-8-12(10-15(14)21-2)11-17-19-16(22)18-13-6-4-3-5-7-13/h3-11H,1-2H3,(H2,18,19,22)/p+1. The molecule has 2 aromatic carbocycles. The van der Waals surface area contributed by atoms with Crippen molar-refractivity contribution in [2.75, 3.05) is 19.5 Å². The lowest BCUT2D eigenvalue weighted by atomic mass is 10.2. The summed E-state index contributed by atoms with van der Waals surface area (Å²) in [6, 6.07) is 15.3. The predicted molar refractivity (Wildman–Crippen MR) is 91.5 cm³/mol. The zero-order valence-electron chi connectivity index (χ0n) is 12.4. The number of hydrogen-bond donors (Lipinski definition) is 3. The number of benzene rings is 2. The number of nitrogens with one attached hydrogen (secondary N) is 3. The van der Waals surface area contributed by atoms with Crippen LogP contribution in [0.2, 0.25) is 0 Å². The van der Waals surface area contributed by atoms with Gasteiger partial charge in [-0.3, -0.25) is 0 Å². The molecule has 6 heteroatoms. The van der Waals surface area contributed by atoms with Crippen LogP contribution < -0.4 is 25.3 Å². The summed E-state index contributed by atoms with van der Waals surface area (Å²) >= 11 is 5.19. The first-order chi connectivity index (χ1) is 10.7. The molecule has 22 heavy (non-hydrogen) atoms. The summed E-state index contributed by atoms with van der Waals surface area (Å²) in [5.74, 6) is 1.36. The maximum absolute atomic E-state index is 5.25. The van der Waals surface area contributed by atoms with Gasteiger partial charge in [-0.25, -0.2) is 0 Å². The molecule has 0 amide bonds. The fourth-order valence-electron chi connectivity index (χ4n) is 1.81. The molecule has 0 atom stereocenters. The lowest BCUT2D eigenvalue weighted by Crippen LogP contribution is -2.82. The van der Waals surface area contributed by atoms with Gasteiger partial charge in [0.1, 0.15) is 0 Å². The van der Waals surface area contributed by atoms with E-state index in [-0.39, 0.29) is 0 Å². The van der Waals surface area contributed by atoms with Crippen molar-refractivity contribution in [2.45, 2.75) is 0 Å². The first-order valence-corrected chi connectivity index (χ1v) is 7.06. The van der Waals surface area contributed by atoms with Gasteiger partial charge in [-0.15, -0.1) is 10.5 Å². The molecule has 0 aromatic heterocycles. The van der Waals surface area contributed by atoms with Crippen LogP contribution >= 0.6 is 12.2 Å². The molecule has 0 radical (unpaired) electrons. The summed E-state index contributed by atoms with van der Waals surface area (Å²) in [4.78, 5) is 0. The van der Waals surface area contributed by atoms with E-state index in [9.17, 15) is 0 Å². The minimum Gasteiger partial charge on any atom is -0.493 e. The van der Waals surface area contributed by atoms with Gasteiger partial charge in [0.15, 0.2) is 17.7 Å². The van der Waals surface area contributed by atoms with Crippen LogP contribution in [0.4, 0.5) is 5.69 Å². The molecule has 0 saturated heterocycles. The van der Waals surface area contributed by atoms with Gasteiger partial charge in [0.2, 0.25) is 5.11 Å². The molecule has 0 saturated carbocycles. The average molecular weight is 316 g/mol. The second-order valence-electron chi connectivity index (χ2n) is 4.35. The highest BCUT2D eigenvalue weighted by Crippen LogP contribution is 2.26. The number of thiocarbonyl (C=S) groups is 1. The van der Waals surface area contributed by atoms with Crippen molar-refractivity contribution in [3.05, 3.63) is 54.1 Å². The summed E-state index contributed by atoms with van der Waals surface area (Å²) in [5.41, 5.74) is 4.74. The number of hydrazine groups is 1. The van der Waals surface area contributed by atoms with Crippen LogP contribution in [0.1, 0.15) is 5.56 Å². The quantitative estimate of drug-likeness (QED) is 0.438. The van der Waals surface area contributed by atoms with Gasteiger partial charge in [0, 0.05) is 11.3 Å². The molecule has 2 aromatic rings. The number of para-hydroxylation sites is 1. The Morgan fingerprint density at radius 3 is 2.45 bits per heavy atom. The Morgan fingerprint density at radius 1 is 1.05 bits per heavy atom. The van der Waals surface area contributed by atoms with Crippen LogP contribution in [0.15, 0.2) is 48.5 Å². The van der Waals surface area contributed by atoms with Crippen molar-refractivity contribution in [1.82, 2.24) is 5.43 Å². The van der Waals surface area contributed by atoms with Crippen molar-refractivity contribution >= 4 is 29.2 Å². The molecule has 5 nitrogen and oxygen atoms in total. The van der Waals surface area contributed by atoms with E-state index in [0.717, 1.165) is 11.3 Å². The van der Waals surface area contributed by atoms with Crippen LogP contribution in [-0.4, -0.2) is 25.5 Å². The maximum atomic E-state index is 5.25. The fourth-order valence-corrected chi connectivity index (χ4v) is 1.99. The van der Waals surface area contributed by atoms with Gasteiger partial charge in [-0.05, 0) is 42.5 Å². The van der Waals surface area contributed by atoms with E-state index in [1.165, 1.54) is 0 Å². The number of methoxy groups -OCH3 is 2. The topological polar surface area (TPSA) is 56.5 Å². The monoisotopic (exact) mass is 316 g/mol. The second kappa shape index (κ2) is 7.99. The highest BCUT2D eigenvalue weighted by atomic mass is 32.1. The number of anilines is 1. The molecule has 0 aliphatic heterocycles. The van der Waals surface area contributed by atoms with E-state index in [1.807, 2.05) is 48.5 Å². The van der Waals surface area contributed by atoms with Gasteiger partial charge in [0.05, 0.1) is 14.2 Å². The van der Waals surface area contributed by atoms with E-state index >= 15 is 0 Å². The zero-order valence-corrected chi connectivity index (χ0v) is 13.2. The minimum atomic E-state index is 0.475. The molecule has 114 valence electrons. The van der Waals surface area contributed by atoms with Crippen LogP contribution in [0.25, 0.3) is 0 Å². The van der Waals surface area contributed by atoms with Crippen molar-refractivity contribution < 1.29 is 14.6 Å². The van der Waals surface area contributed by atoms with Crippen LogP contribution in [0, 0.1) is 0 Å². The molecule has 2 rings (SSSR count). The highest BCUT2D eigenvalue weighted by Gasteiger charge is 2.04. The number of hydrogen-bond acceptors (Lipinski definition) is 3. The molecule has 0 unspecified atom stereocenters. The van der Waals surface area contributed by atoms with E-state index in [1.54, 1.807) is 20.4 Å². The third-order valence-electron chi connectivity index (χ3n) is 2.86. The Balaban J connectivity index is 1.93. The lowest BCUT2D eigenvalue weighted by molar-refractivity contribution is -0.499. The van der Waals surface area contributed by atoms with Gasteiger partial charge in [0.25, 0.3) is 0 Å². The second-order valence-corrected chi connectivity index (χ2v) is 4.76. The maximum Gasteiger partial charge on any atom is 0.228 e. The summed E-state index contributed by atoms with van der Waals surface area (Å²) in [6.45, 7) is 0. The Labute approximate surface area is 134 Å². The highest BCUT2D eigenvalue weighted by molar-refractivity contribution is 7.80. The summed E-state index contributed by atoms with van der Waals surface area (Å²) in [5, 5.41) is 6.47. The molecular formula is C16H18N3O2S+. The Hall–Kier alpha value is -2.60. The van der Waals surface area contributed by atoms with E-state index < -0.39 is 0 Å². The molecule has 0 bridgehead atoms. The Morgan fingerprint density at radius 2 is 1.77 bits per heavy atom. The Bertz CT molecular complexity index is 660. The first-order valence-electron chi connectivity index (χ1n) is 6.65. The summed E-state index contributed by atoms with van der Waals surface area (Å²) in [7, 11) is 3.21. The summed E-state index contributed by atoms with van der Waals surface area (Å²) < 4.78 is 10.4. The van der Waals surface area contributed by atoms with Gasteiger partial charge in [-0.1, -0.05) is 18.2 Å².